The number of benzene rings is 3. The zero-order valence-corrected chi connectivity index (χ0v) is 43.2. The third-order valence-corrected chi connectivity index (χ3v) is 20.5. The molecule has 2 aromatic heterocycles. The molecule has 16 nitrogen and oxygen atoms in total. The molecule has 0 amide bonds. The summed E-state index contributed by atoms with van der Waals surface area (Å²) >= 11 is 0. The van der Waals surface area contributed by atoms with Gasteiger partial charge in [0.25, 0.3) is 0 Å². The average molecular weight is 957 g/mol. The Kier molecular flexibility index (Phi) is 16.2. The molecular formula is C49H69N8O8PSi. The number of imidazole rings is 1. The number of fused-ring (bicyclic) bond motifs is 1. The summed E-state index contributed by atoms with van der Waals surface area (Å²) in [7, 11) is 0.140. The number of H-pyrrole nitrogens is 1. The SMILES string of the molecule is COc1ccc(C(OC[C@H]2O[C@@H](n3cnc4c(=O)[nH]c(N=CN(C)C)nc43)[C@H](O[Si](C)(C)C(C)(C)C)[C@@H]2O[PH](O)(CCC#N)N(C(C)C)C(C)C)(c2ccccc2)c2ccc(OC)cc2)cc1. The van der Waals surface area contributed by atoms with Gasteiger partial charge < -0.3 is 0 Å². The van der Waals surface area contributed by atoms with Gasteiger partial charge in [-0.2, -0.15) is 0 Å². The Morgan fingerprint density at radius 1 is 0.940 bits per heavy atom. The summed E-state index contributed by atoms with van der Waals surface area (Å²) in [6.07, 6.45) is -0.576. The number of nitrogens with zero attached hydrogens (tertiary/aromatic N) is 7. The van der Waals surface area contributed by atoms with Gasteiger partial charge in [-0.1, -0.05) is 0 Å². The van der Waals surface area contributed by atoms with Crippen LogP contribution >= 0.6 is 7.87 Å². The van der Waals surface area contributed by atoms with Crippen LogP contribution in [0, 0.1) is 11.3 Å². The second-order valence-electron chi connectivity index (χ2n) is 19.2. The zero-order chi connectivity index (χ0) is 48.9. The summed E-state index contributed by atoms with van der Waals surface area (Å²) in [5.74, 6) is 1.44. The molecule has 6 rings (SSSR count). The molecule has 18 heteroatoms. The van der Waals surface area contributed by atoms with Crippen LogP contribution in [0.2, 0.25) is 18.1 Å². The second kappa shape index (κ2) is 21.1. The van der Waals surface area contributed by atoms with Crippen molar-refractivity contribution in [3.05, 3.63) is 112 Å². The Labute approximate surface area is 396 Å². The number of methoxy groups -OCH3 is 2. The molecule has 1 fully saturated rings. The standard InChI is InChI=1S/C49H69N8O8PSi/c1-33(2)57(34(3)4)66(59,29-17-28-50)64-42-40(30-62-49(35-18-15-14-16-19-35,36-20-24-38(60-10)25-21-36)37-22-26-39(61-11)27-23-37)63-46(43(42)65-67(12,13)48(5,6)7)56-32-51-41-44(56)53-47(54-45(41)58)52-31-55(8)9/h14-16,18-27,31-34,40,42-43,46,59,66H,17,29-30H2,1-13H3,(H,53,54,58)/t40-,42-,43-,46-/m1/s1. The van der Waals surface area contributed by atoms with Gasteiger partial charge in [-0.15, -0.1) is 0 Å². The molecule has 4 atom stereocenters. The number of hydrogen-bond donors (Lipinski definition) is 2. The van der Waals surface area contributed by atoms with E-state index in [1.165, 1.54) is 6.33 Å². The molecular weight excluding hydrogens is 888 g/mol. The second-order valence-corrected chi connectivity index (χ2v) is 26.7. The van der Waals surface area contributed by atoms with E-state index in [2.05, 4.69) is 54.9 Å². The van der Waals surface area contributed by atoms with E-state index in [0.29, 0.717) is 11.5 Å². The number of ether oxygens (including phenoxy) is 4. The molecule has 0 bridgehead atoms. The van der Waals surface area contributed by atoms with Crippen LogP contribution in [0.1, 0.15) is 77.8 Å². The predicted octanol–water partition coefficient (Wildman–Crippen LogP) is 8.56. The first-order chi connectivity index (χ1) is 31.7. The van der Waals surface area contributed by atoms with Gasteiger partial charge in [0.1, 0.15) is 0 Å². The number of aromatic amines is 1. The first-order valence-electron chi connectivity index (χ1n) is 22.7. The summed E-state index contributed by atoms with van der Waals surface area (Å²) in [5.41, 5.74) is 1.06. The fourth-order valence-corrected chi connectivity index (χ4v) is 13.1. The summed E-state index contributed by atoms with van der Waals surface area (Å²) in [6, 6.07) is 27.5. The van der Waals surface area contributed by atoms with E-state index in [1.807, 2.05) is 125 Å². The van der Waals surface area contributed by atoms with Gasteiger partial charge in [0.15, 0.2) is 0 Å². The van der Waals surface area contributed by atoms with E-state index in [0.717, 1.165) is 16.7 Å². The van der Waals surface area contributed by atoms with Crippen molar-refractivity contribution in [3.8, 4) is 17.6 Å². The minimum absolute atomic E-state index is 0.0613. The van der Waals surface area contributed by atoms with Crippen LogP contribution in [0.3, 0.4) is 0 Å². The molecule has 3 heterocycles. The molecule has 3 aromatic carbocycles. The summed E-state index contributed by atoms with van der Waals surface area (Å²) in [5, 5.41) is 9.71. The van der Waals surface area contributed by atoms with E-state index < -0.39 is 51.9 Å². The molecule has 0 radical (unpaired) electrons. The summed E-state index contributed by atoms with van der Waals surface area (Å²) < 4.78 is 44.5. The Balaban J connectivity index is 1.61. The molecule has 1 aliphatic heterocycles. The van der Waals surface area contributed by atoms with Crippen LogP contribution in [0.15, 0.2) is 95.0 Å². The van der Waals surface area contributed by atoms with Gasteiger partial charge in [0.2, 0.25) is 0 Å². The van der Waals surface area contributed by atoms with E-state index >= 15 is 0 Å². The topological polar surface area (TPSA) is 182 Å². The van der Waals surface area contributed by atoms with Crippen LogP contribution in [0.5, 0.6) is 11.5 Å². The maximum absolute atomic E-state index is 13.6. The third-order valence-electron chi connectivity index (χ3n) is 12.7. The van der Waals surface area contributed by atoms with Gasteiger partial charge in [-0.3, -0.25) is 0 Å². The quantitative estimate of drug-likeness (QED) is 0.0249. The monoisotopic (exact) mass is 956 g/mol. The van der Waals surface area contributed by atoms with Crippen molar-refractivity contribution < 1.29 is 32.8 Å². The average Bonchev–Trinajstić information content (AvgIpc) is 3.85. The van der Waals surface area contributed by atoms with E-state index in [1.54, 1.807) is 30.0 Å². The van der Waals surface area contributed by atoms with Crippen LogP contribution in [0.25, 0.3) is 11.2 Å². The van der Waals surface area contributed by atoms with Crippen LogP contribution in [-0.2, 0) is 24.0 Å². The Morgan fingerprint density at radius 2 is 1.51 bits per heavy atom. The molecule has 5 aromatic rings. The number of rotatable bonds is 20. The molecule has 0 unspecified atom stereocenters. The van der Waals surface area contributed by atoms with E-state index in [9.17, 15) is 14.9 Å². The van der Waals surface area contributed by atoms with Crippen molar-refractivity contribution in [2.45, 2.75) is 115 Å². The van der Waals surface area contributed by atoms with Crippen LogP contribution in [0.4, 0.5) is 5.95 Å². The van der Waals surface area contributed by atoms with Gasteiger partial charge in [-0.05, 0) is 0 Å². The zero-order valence-electron chi connectivity index (χ0n) is 41.2. The number of nitrogens with one attached hydrogen (secondary N) is 1. The number of nitriles is 1. The summed E-state index contributed by atoms with van der Waals surface area (Å²) in [4.78, 5) is 44.9. The first kappa shape index (κ1) is 51.4. The predicted molar refractivity (Wildman–Crippen MR) is 267 cm³/mol. The Morgan fingerprint density at radius 3 is 2.01 bits per heavy atom. The molecule has 0 saturated carbocycles. The van der Waals surface area contributed by atoms with Crippen molar-refractivity contribution in [2.24, 2.45) is 4.99 Å². The van der Waals surface area contributed by atoms with Crippen molar-refractivity contribution in [3.63, 3.8) is 0 Å². The van der Waals surface area contributed by atoms with Crippen LogP contribution in [-0.4, -0.2) is 120 Å². The first-order valence-corrected chi connectivity index (χ1v) is 27.7. The van der Waals surface area contributed by atoms with Crippen LogP contribution < -0.4 is 15.0 Å². The van der Waals surface area contributed by atoms with Crippen molar-refractivity contribution in [2.75, 3.05) is 41.1 Å². The number of hydrogen-bond acceptors (Lipinski definition) is 13. The van der Waals surface area contributed by atoms with E-state index in [4.69, 9.17) is 32.9 Å². The minimum atomic E-state index is -4.03. The molecule has 67 heavy (non-hydrogen) atoms. The van der Waals surface area contributed by atoms with Gasteiger partial charge in [0, 0.05) is 0 Å². The van der Waals surface area contributed by atoms with Gasteiger partial charge in [0.05, 0.1) is 0 Å². The number of aromatic nitrogens is 4. The molecule has 1 aliphatic rings. The van der Waals surface area contributed by atoms with E-state index in [-0.39, 0.29) is 53.4 Å². The molecule has 2 N–H and O–H groups in total. The fraction of sp³-hybridized carbons (Fsp3) is 0.490. The van der Waals surface area contributed by atoms with Gasteiger partial charge >= 0.3 is 398 Å². The van der Waals surface area contributed by atoms with Crippen molar-refractivity contribution in [1.82, 2.24) is 29.1 Å². The van der Waals surface area contributed by atoms with Crippen molar-refractivity contribution >= 4 is 39.6 Å². The summed E-state index contributed by atoms with van der Waals surface area (Å²) in [6.45, 7) is 18.7. The molecule has 362 valence electrons. The molecule has 1 saturated heterocycles. The molecule has 0 aliphatic carbocycles. The van der Waals surface area contributed by atoms with Crippen molar-refractivity contribution in [1.29, 1.82) is 5.26 Å². The Hall–Kier alpha value is -5.02. The number of aliphatic imine (C=N–C) groups is 1. The fourth-order valence-electron chi connectivity index (χ4n) is 8.55. The third kappa shape index (κ3) is 11.0. The normalized spacial score (nSPS) is 18.6. The van der Waals surface area contributed by atoms with Gasteiger partial charge in [-0.25, -0.2) is 0 Å². The Bertz CT molecular complexity index is 2490. The maximum atomic E-state index is 13.6. The molecule has 0 spiro atoms.